The standard InChI is InChI=1S/C27H54N2O11/c1-4-5-6-7-8-9-10-11-14-29(2,3)15-12-13-28-26(38)23(36)22(35)25(18(32)16-30)40-27-24(37)21(34)20(33)19(17-31)39-27/h18-25,27,30-37H,4-17H2,1-3H3/p+1/t18-,19-,20-,21+,22+,23-,24-,25-,27+/m1/s1. The molecule has 9 atom stereocenters. The summed E-state index contributed by atoms with van der Waals surface area (Å²) in [6.07, 6.45) is -5.49. The molecule has 0 spiro atoms. The number of rotatable bonds is 21. The molecule has 0 unspecified atom stereocenters. The maximum absolute atomic E-state index is 12.5. The fourth-order valence-electron chi connectivity index (χ4n) is 4.78. The molecular weight excluding hydrogens is 528 g/mol. The van der Waals surface area contributed by atoms with Crippen molar-refractivity contribution in [1.29, 1.82) is 0 Å². The summed E-state index contributed by atoms with van der Waals surface area (Å²) in [4.78, 5) is 12.5. The highest BCUT2D eigenvalue weighted by molar-refractivity contribution is 5.81. The van der Waals surface area contributed by atoms with Crippen molar-refractivity contribution in [1.82, 2.24) is 5.32 Å². The van der Waals surface area contributed by atoms with Crippen molar-refractivity contribution in [2.45, 2.75) is 120 Å². The first-order valence-corrected chi connectivity index (χ1v) is 14.6. The zero-order chi connectivity index (χ0) is 30.3. The average molecular weight is 584 g/mol. The van der Waals surface area contributed by atoms with Crippen LogP contribution in [-0.2, 0) is 14.3 Å². The van der Waals surface area contributed by atoms with E-state index < -0.39 is 74.2 Å². The number of nitrogens with one attached hydrogen (secondary N) is 1. The summed E-state index contributed by atoms with van der Waals surface area (Å²) < 4.78 is 11.3. The molecule has 0 aromatic heterocycles. The monoisotopic (exact) mass is 583 g/mol. The third kappa shape index (κ3) is 12.5. The van der Waals surface area contributed by atoms with Crippen LogP contribution in [0.15, 0.2) is 0 Å². The topological polar surface area (TPSA) is 209 Å². The van der Waals surface area contributed by atoms with E-state index in [1.54, 1.807) is 0 Å². The summed E-state index contributed by atoms with van der Waals surface area (Å²) in [6, 6.07) is 0. The summed E-state index contributed by atoms with van der Waals surface area (Å²) in [5, 5.41) is 82.4. The molecular formula is C27H55N2O11+. The number of hydrogen-bond donors (Lipinski definition) is 9. The molecule has 1 fully saturated rings. The van der Waals surface area contributed by atoms with Crippen LogP contribution in [0.25, 0.3) is 0 Å². The van der Waals surface area contributed by atoms with E-state index in [-0.39, 0.29) is 6.54 Å². The number of aliphatic hydroxyl groups excluding tert-OH is 8. The summed E-state index contributed by atoms with van der Waals surface area (Å²) in [5.74, 6) is -0.923. The fraction of sp³-hybridized carbons (Fsp3) is 0.963. The Morgan fingerprint density at radius 2 is 1.45 bits per heavy atom. The first kappa shape index (κ1) is 37.1. The number of nitrogens with zero attached hydrogens (tertiary/aromatic N) is 1. The Labute approximate surface area is 237 Å². The molecule has 1 aliphatic heterocycles. The average Bonchev–Trinajstić information content (AvgIpc) is 2.93. The first-order chi connectivity index (χ1) is 18.9. The summed E-state index contributed by atoms with van der Waals surface area (Å²) in [6.45, 7) is 2.59. The molecule has 0 aliphatic carbocycles. The predicted octanol–water partition coefficient (Wildman–Crippen LogP) is -2.03. The Hall–Kier alpha value is -0.970. The molecule has 0 radical (unpaired) electrons. The Morgan fingerprint density at radius 3 is 2.02 bits per heavy atom. The highest BCUT2D eigenvalue weighted by atomic mass is 16.7. The van der Waals surface area contributed by atoms with Crippen LogP contribution in [0.3, 0.4) is 0 Å². The summed E-state index contributed by atoms with van der Waals surface area (Å²) in [7, 11) is 4.25. The van der Waals surface area contributed by atoms with Gasteiger partial charge in [0.1, 0.15) is 42.7 Å². The zero-order valence-electron chi connectivity index (χ0n) is 24.3. The number of carbonyl (C=O) groups excluding carboxylic acids is 1. The van der Waals surface area contributed by atoms with Crippen molar-refractivity contribution in [2.24, 2.45) is 0 Å². The van der Waals surface area contributed by atoms with Gasteiger partial charge in [0.2, 0.25) is 0 Å². The van der Waals surface area contributed by atoms with Crippen molar-refractivity contribution in [2.75, 3.05) is 46.9 Å². The van der Waals surface area contributed by atoms with Gasteiger partial charge >= 0.3 is 0 Å². The van der Waals surface area contributed by atoms with Gasteiger partial charge in [-0.15, -0.1) is 0 Å². The lowest BCUT2D eigenvalue weighted by molar-refractivity contribution is -0.890. The van der Waals surface area contributed by atoms with Crippen LogP contribution in [0.4, 0.5) is 0 Å². The van der Waals surface area contributed by atoms with E-state index in [0.717, 1.165) is 24.0 Å². The Morgan fingerprint density at radius 1 is 0.875 bits per heavy atom. The normalized spacial score (nSPS) is 26.7. The quantitative estimate of drug-likeness (QED) is 0.0531. The van der Waals surface area contributed by atoms with Gasteiger partial charge in [-0.1, -0.05) is 45.4 Å². The highest BCUT2D eigenvalue weighted by Gasteiger charge is 2.47. The lowest BCUT2D eigenvalue weighted by Crippen LogP contribution is -2.62. The van der Waals surface area contributed by atoms with Gasteiger partial charge in [-0.05, 0) is 12.8 Å². The molecule has 13 heteroatoms. The maximum atomic E-state index is 12.5. The van der Waals surface area contributed by atoms with Crippen LogP contribution in [0, 0.1) is 0 Å². The molecule has 1 rings (SSSR count). The molecule has 1 aliphatic rings. The second-order valence-corrected chi connectivity index (χ2v) is 11.5. The second-order valence-electron chi connectivity index (χ2n) is 11.5. The van der Waals surface area contributed by atoms with Crippen molar-refractivity contribution >= 4 is 5.91 Å². The molecule has 9 N–H and O–H groups in total. The van der Waals surface area contributed by atoms with Gasteiger partial charge in [0, 0.05) is 13.0 Å². The molecule has 13 nitrogen and oxygen atoms in total. The number of carbonyl (C=O) groups is 1. The number of ether oxygens (including phenoxy) is 2. The van der Waals surface area contributed by atoms with Crippen LogP contribution >= 0.6 is 0 Å². The smallest absolute Gasteiger partial charge is 0.251 e. The second kappa shape index (κ2) is 19.3. The number of aliphatic hydroxyl groups is 8. The van der Waals surface area contributed by atoms with Crippen molar-refractivity contribution in [3.8, 4) is 0 Å². The molecule has 1 saturated heterocycles. The van der Waals surface area contributed by atoms with Gasteiger partial charge in [0.15, 0.2) is 12.4 Å². The summed E-state index contributed by atoms with van der Waals surface area (Å²) >= 11 is 0. The van der Waals surface area contributed by atoms with Gasteiger partial charge in [-0.25, -0.2) is 0 Å². The molecule has 0 aromatic carbocycles. The molecule has 0 bridgehead atoms. The first-order valence-electron chi connectivity index (χ1n) is 14.6. The number of hydrogen-bond acceptors (Lipinski definition) is 11. The Bertz CT molecular complexity index is 685. The predicted molar refractivity (Wildman–Crippen MR) is 146 cm³/mol. The number of unbranched alkanes of at least 4 members (excludes halogenated alkanes) is 7. The van der Waals surface area contributed by atoms with E-state index in [1.165, 1.54) is 44.9 Å². The maximum Gasteiger partial charge on any atom is 0.251 e. The number of quaternary nitrogens is 1. The van der Waals surface area contributed by atoms with Gasteiger partial charge in [-0.3, -0.25) is 4.79 Å². The third-order valence-corrected chi connectivity index (χ3v) is 7.49. The molecule has 1 amide bonds. The number of amides is 1. The Balaban J connectivity index is 2.51. The third-order valence-electron chi connectivity index (χ3n) is 7.49. The van der Waals surface area contributed by atoms with Crippen LogP contribution in [0.1, 0.15) is 64.7 Å². The van der Waals surface area contributed by atoms with Crippen LogP contribution in [0.5, 0.6) is 0 Å². The minimum Gasteiger partial charge on any atom is -0.394 e. The summed E-state index contributed by atoms with van der Waals surface area (Å²) in [5.41, 5.74) is 0. The van der Waals surface area contributed by atoms with Gasteiger partial charge < -0.3 is 60.1 Å². The fourth-order valence-corrected chi connectivity index (χ4v) is 4.78. The lowest BCUT2D eigenvalue weighted by Gasteiger charge is -2.42. The van der Waals surface area contributed by atoms with Crippen molar-refractivity contribution in [3.63, 3.8) is 0 Å². The van der Waals surface area contributed by atoms with Gasteiger partial charge in [0.05, 0.1) is 40.4 Å². The zero-order valence-corrected chi connectivity index (χ0v) is 24.3. The van der Waals surface area contributed by atoms with E-state index in [9.17, 15) is 45.6 Å². The Kier molecular flexibility index (Phi) is 17.8. The molecule has 0 aromatic rings. The van der Waals surface area contributed by atoms with E-state index in [1.807, 2.05) is 0 Å². The van der Waals surface area contributed by atoms with Gasteiger partial charge in [-0.2, -0.15) is 0 Å². The largest absolute Gasteiger partial charge is 0.394 e. The van der Waals surface area contributed by atoms with Crippen LogP contribution in [0.2, 0.25) is 0 Å². The SMILES string of the molecule is CCCCCCCCCC[N+](C)(C)CCCNC(=O)[C@H](O)[C@H](O)[C@H](O[C@@H]1O[C@H](CO)[C@@H](O)[C@H](O)[C@H]1O)[C@H](O)CO. The van der Waals surface area contributed by atoms with Gasteiger partial charge in [0.25, 0.3) is 5.91 Å². The molecule has 40 heavy (non-hydrogen) atoms. The minimum atomic E-state index is -2.06. The van der Waals surface area contributed by atoms with Crippen molar-refractivity contribution in [3.05, 3.63) is 0 Å². The molecule has 238 valence electrons. The van der Waals surface area contributed by atoms with E-state index in [0.29, 0.717) is 6.42 Å². The van der Waals surface area contributed by atoms with E-state index >= 15 is 0 Å². The lowest BCUT2D eigenvalue weighted by atomic mass is 9.98. The van der Waals surface area contributed by atoms with Crippen molar-refractivity contribution < 1.29 is 59.6 Å². The molecule has 0 saturated carbocycles. The highest BCUT2D eigenvalue weighted by Crippen LogP contribution is 2.25. The van der Waals surface area contributed by atoms with Crippen LogP contribution < -0.4 is 5.32 Å². The van der Waals surface area contributed by atoms with E-state index in [4.69, 9.17) is 9.47 Å². The van der Waals surface area contributed by atoms with E-state index in [2.05, 4.69) is 26.3 Å². The van der Waals surface area contributed by atoms with Crippen LogP contribution in [-0.4, -0.2) is 153 Å². The molecule has 1 heterocycles. The minimum absolute atomic E-state index is 0.239.